The Morgan fingerprint density at radius 1 is 1.42 bits per heavy atom. The first kappa shape index (κ1) is 11.4. The van der Waals surface area contributed by atoms with Crippen LogP contribution in [0.25, 0.3) is 0 Å². The summed E-state index contributed by atoms with van der Waals surface area (Å²) in [7, 11) is -4.63. The molecule has 1 atom stereocenters. The molecule has 0 bridgehead atoms. The predicted octanol–water partition coefficient (Wildman–Crippen LogP) is 1.33. The number of alkyl halides is 4. The van der Waals surface area contributed by atoms with Gasteiger partial charge in [0.05, 0.1) is 5.41 Å². The average molecular weight is 208 g/mol. The molecule has 0 amide bonds. The molecule has 0 aromatic heterocycles. The molecule has 12 heavy (non-hydrogen) atoms. The van der Waals surface area contributed by atoms with E-state index in [-0.39, 0.29) is 5.41 Å². The van der Waals surface area contributed by atoms with Crippen molar-refractivity contribution in [2.24, 2.45) is 0 Å². The lowest BCUT2D eigenvalue weighted by atomic mass is 10.7. The maximum absolute atomic E-state index is 11.8. The third kappa shape index (κ3) is 3.67. The summed E-state index contributed by atoms with van der Waals surface area (Å²) >= 11 is 0. The summed E-state index contributed by atoms with van der Waals surface area (Å²) in [5.74, 6) is 0. The molecule has 0 aromatic rings. The first-order valence-corrected chi connectivity index (χ1v) is 3.92. The Morgan fingerprint density at radius 3 is 2.08 bits per heavy atom. The number of rotatable bonds is 3. The van der Waals surface area contributed by atoms with Crippen molar-refractivity contribution in [3.63, 3.8) is 0 Å². The van der Waals surface area contributed by atoms with E-state index in [0.29, 0.717) is 0 Å². The summed E-state index contributed by atoms with van der Waals surface area (Å²) in [6.45, 7) is 2.62. The fraction of sp³-hybridized carbons (Fsp3) is 0.500. The van der Waals surface area contributed by atoms with Gasteiger partial charge >= 0.3 is 12.5 Å². The molecule has 0 saturated heterocycles. The van der Waals surface area contributed by atoms with Crippen LogP contribution in [0.1, 0.15) is 0 Å². The van der Waals surface area contributed by atoms with E-state index in [1.54, 1.807) is 0 Å². The van der Waals surface area contributed by atoms with E-state index in [0.717, 1.165) is 0 Å². The maximum atomic E-state index is 11.8. The molecule has 0 aliphatic heterocycles. The second kappa shape index (κ2) is 3.40. The Labute approximate surface area is 65.8 Å². The van der Waals surface area contributed by atoms with E-state index in [1.165, 1.54) is 0 Å². The third-order valence-corrected chi connectivity index (χ3v) is 1.53. The lowest BCUT2D eigenvalue weighted by molar-refractivity contribution is -0.235. The van der Waals surface area contributed by atoms with Crippen LogP contribution in [0.5, 0.6) is 0 Å². The van der Waals surface area contributed by atoms with Crippen molar-refractivity contribution < 1.29 is 30.2 Å². The van der Waals surface area contributed by atoms with E-state index >= 15 is 0 Å². The minimum Gasteiger partial charge on any atom is -0.220 e. The molecule has 72 valence electrons. The van der Waals surface area contributed by atoms with Crippen LogP contribution in [-0.2, 0) is 14.3 Å². The minimum atomic E-state index is -5.35. The summed E-state index contributed by atoms with van der Waals surface area (Å²) in [5, 5.41) is 0.0747. The summed E-state index contributed by atoms with van der Waals surface area (Å²) < 4.78 is 69.1. The van der Waals surface area contributed by atoms with Crippen LogP contribution in [-0.4, -0.2) is 21.0 Å². The highest BCUT2D eigenvalue weighted by molar-refractivity contribution is 7.89. The average Bonchev–Trinajstić information content (AvgIpc) is 1.85. The predicted molar refractivity (Wildman–Crippen MR) is 31.2 cm³/mol. The molecule has 0 N–H and O–H groups in total. The van der Waals surface area contributed by atoms with Gasteiger partial charge in [-0.2, -0.15) is 21.6 Å². The van der Waals surface area contributed by atoms with Gasteiger partial charge in [-0.1, -0.05) is 6.58 Å². The van der Waals surface area contributed by atoms with Gasteiger partial charge in [0.15, 0.2) is 0 Å². The van der Waals surface area contributed by atoms with E-state index in [2.05, 4.69) is 10.8 Å². The fourth-order valence-corrected chi connectivity index (χ4v) is 0.635. The normalized spacial score (nSPS) is 15.7. The van der Waals surface area contributed by atoms with Crippen LogP contribution in [0.4, 0.5) is 17.6 Å². The zero-order chi connectivity index (χ0) is 9.99. The molecule has 0 heterocycles. The molecule has 0 aliphatic rings. The van der Waals surface area contributed by atoms with Crippen LogP contribution in [0, 0.1) is 0 Å². The molecule has 8 heteroatoms. The molecule has 3 nitrogen and oxygen atoms in total. The molecule has 1 unspecified atom stereocenters. The Balaban J connectivity index is 4.40. The highest BCUT2D eigenvalue weighted by Gasteiger charge is 2.43. The molecule has 0 rings (SSSR count). The fourth-order valence-electron chi connectivity index (χ4n) is 0.212. The van der Waals surface area contributed by atoms with Gasteiger partial charge in [-0.15, -0.1) is 0 Å². The standard InChI is InChI=1S/C4H4F4O3S/c1-2-12(9,10)11-3(5)4(6,7)8/h2-3H,1H2. The Morgan fingerprint density at radius 2 is 1.83 bits per heavy atom. The van der Waals surface area contributed by atoms with Gasteiger partial charge < -0.3 is 0 Å². The van der Waals surface area contributed by atoms with E-state index in [1.807, 2.05) is 0 Å². The first-order chi connectivity index (χ1) is 5.19. The quantitative estimate of drug-likeness (QED) is 0.519. The van der Waals surface area contributed by atoms with Gasteiger partial charge in [-0.3, -0.25) is 0 Å². The number of hydrogen-bond donors (Lipinski definition) is 0. The summed E-state index contributed by atoms with van der Waals surface area (Å²) in [4.78, 5) is 0. The van der Waals surface area contributed by atoms with Crippen LogP contribution >= 0.6 is 0 Å². The van der Waals surface area contributed by atoms with Crippen molar-refractivity contribution in [2.45, 2.75) is 12.5 Å². The lowest BCUT2D eigenvalue weighted by Crippen LogP contribution is -2.28. The molecule has 0 aromatic carbocycles. The van der Waals surface area contributed by atoms with Gasteiger partial charge in [0.25, 0.3) is 10.1 Å². The van der Waals surface area contributed by atoms with Gasteiger partial charge in [0.1, 0.15) is 0 Å². The molecule has 0 fully saturated rings. The third-order valence-electron chi connectivity index (χ3n) is 0.680. The van der Waals surface area contributed by atoms with Crippen molar-refractivity contribution in [1.29, 1.82) is 0 Å². The van der Waals surface area contributed by atoms with E-state index < -0.39 is 22.7 Å². The lowest BCUT2D eigenvalue weighted by Gasteiger charge is -2.10. The van der Waals surface area contributed by atoms with Crippen molar-refractivity contribution >= 4 is 10.1 Å². The number of halogens is 4. The van der Waals surface area contributed by atoms with Gasteiger partial charge in [0.2, 0.25) is 0 Å². The Bertz CT molecular complexity index is 254. The SMILES string of the molecule is C=CS(=O)(=O)OC(F)C(F)(F)F. The van der Waals surface area contributed by atoms with Crippen LogP contribution in [0.3, 0.4) is 0 Å². The summed E-state index contributed by atoms with van der Waals surface area (Å²) in [6.07, 6.45) is -9.20. The van der Waals surface area contributed by atoms with Crippen LogP contribution in [0.15, 0.2) is 12.0 Å². The van der Waals surface area contributed by atoms with Crippen molar-refractivity contribution in [1.82, 2.24) is 0 Å². The highest BCUT2D eigenvalue weighted by Crippen LogP contribution is 2.25. The van der Waals surface area contributed by atoms with E-state index in [4.69, 9.17) is 0 Å². The zero-order valence-electron chi connectivity index (χ0n) is 5.51. The zero-order valence-corrected chi connectivity index (χ0v) is 6.32. The van der Waals surface area contributed by atoms with Crippen LogP contribution in [0.2, 0.25) is 0 Å². The first-order valence-electron chi connectivity index (χ1n) is 2.45. The topological polar surface area (TPSA) is 43.4 Å². The highest BCUT2D eigenvalue weighted by atomic mass is 32.2. The molecular weight excluding hydrogens is 204 g/mol. The summed E-state index contributed by atoms with van der Waals surface area (Å²) in [6, 6.07) is 0. The summed E-state index contributed by atoms with van der Waals surface area (Å²) in [5.41, 5.74) is 0. The monoisotopic (exact) mass is 208 g/mol. The van der Waals surface area contributed by atoms with Gasteiger partial charge in [0, 0.05) is 0 Å². The largest absolute Gasteiger partial charge is 0.446 e. The molecule has 0 aliphatic carbocycles. The molecular formula is C4H4F4O3S. The Kier molecular flexibility index (Phi) is 3.22. The van der Waals surface area contributed by atoms with Crippen LogP contribution < -0.4 is 0 Å². The smallest absolute Gasteiger partial charge is 0.220 e. The van der Waals surface area contributed by atoms with Crippen molar-refractivity contribution in [3.8, 4) is 0 Å². The van der Waals surface area contributed by atoms with Gasteiger partial charge in [-0.25, -0.2) is 8.57 Å². The minimum absolute atomic E-state index is 0.0747. The van der Waals surface area contributed by atoms with E-state index in [9.17, 15) is 26.0 Å². The molecule has 0 spiro atoms. The molecule has 0 saturated carbocycles. The van der Waals surface area contributed by atoms with Crippen molar-refractivity contribution in [3.05, 3.63) is 12.0 Å². The van der Waals surface area contributed by atoms with Crippen molar-refractivity contribution in [2.75, 3.05) is 0 Å². The maximum Gasteiger partial charge on any atom is 0.446 e. The molecule has 0 radical (unpaired) electrons. The van der Waals surface area contributed by atoms with Gasteiger partial charge in [-0.05, 0) is 0 Å². The Hall–Kier alpha value is -0.630. The second-order valence-corrected chi connectivity index (χ2v) is 3.12. The second-order valence-electron chi connectivity index (χ2n) is 1.61. The number of hydrogen-bond acceptors (Lipinski definition) is 3.